The molecule has 1 aliphatic heterocycles. The van der Waals surface area contributed by atoms with Crippen LogP contribution in [-0.2, 0) is 0 Å². The number of halogens is 1. The molecule has 0 amide bonds. The first-order valence-corrected chi connectivity index (χ1v) is 2.98. The van der Waals surface area contributed by atoms with Crippen LogP contribution >= 0.6 is 11.6 Å². The maximum Gasteiger partial charge on any atom is 0.262 e. The molecule has 9 heavy (non-hydrogen) atoms. The monoisotopic (exact) mass is 141 g/mol. The van der Waals surface area contributed by atoms with E-state index < -0.39 is 0 Å². The van der Waals surface area contributed by atoms with Crippen LogP contribution in [0.3, 0.4) is 0 Å². The summed E-state index contributed by atoms with van der Waals surface area (Å²) in [6.45, 7) is 3.50. The van der Waals surface area contributed by atoms with Gasteiger partial charge in [-0.1, -0.05) is 34.2 Å². The lowest BCUT2D eigenvalue weighted by Crippen LogP contribution is -2.01. The van der Waals surface area contributed by atoms with Crippen LogP contribution in [0.15, 0.2) is 22.6 Å². The van der Waals surface area contributed by atoms with Gasteiger partial charge in [-0.2, -0.15) is 0 Å². The molecule has 0 saturated carbocycles. The third-order valence-corrected chi connectivity index (χ3v) is 1.31. The number of alkyl halides is 1. The number of hydrogen-bond donors (Lipinski definition) is 0. The van der Waals surface area contributed by atoms with Gasteiger partial charge in [0.25, 0.3) is 6.17 Å². The molecule has 46 valence electrons. The molecule has 1 atom stereocenters. The number of nitrogens with zero attached hydrogens (tertiary/aromatic N) is 2. The first-order chi connectivity index (χ1) is 4.34. The maximum atomic E-state index is 5.69. The van der Waals surface area contributed by atoms with Gasteiger partial charge in [0.15, 0.2) is 17.8 Å². The summed E-state index contributed by atoms with van der Waals surface area (Å²) in [5, 5.41) is -0.250. The summed E-state index contributed by atoms with van der Waals surface area (Å²) in [6, 6.07) is 0. The highest BCUT2D eigenvalue weighted by atomic mass is 35.5. The van der Waals surface area contributed by atoms with Crippen LogP contribution in [0.4, 0.5) is 0 Å². The second kappa shape index (κ2) is 2.69. The van der Waals surface area contributed by atoms with Crippen molar-refractivity contribution >= 4 is 24.0 Å². The fourth-order valence-corrected chi connectivity index (χ4v) is 0.613. The number of hydrogen-bond acceptors (Lipinski definition) is 2. The largest absolute Gasteiger partial charge is 0.262 e. The predicted octanol–water partition coefficient (Wildman–Crippen LogP) is 1.42. The molecule has 0 saturated heterocycles. The predicted molar refractivity (Wildman–Crippen MR) is 40.1 cm³/mol. The lowest BCUT2D eigenvalue weighted by molar-refractivity contribution is 0.943. The summed E-state index contributed by atoms with van der Waals surface area (Å²) in [6.07, 6.45) is 5.42. The van der Waals surface area contributed by atoms with E-state index in [1.54, 1.807) is 18.5 Å². The minimum Gasteiger partial charge on any atom is -0.1000 e. The van der Waals surface area contributed by atoms with Crippen LogP contribution < -0.4 is 0 Å². The van der Waals surface area contributed by atoms with E-state index in [0.29, 0.717) is 6.17 Å². The molecule has 2 nitrogen and oxygen atoms in total. The fraction of sp³-hybridized carbons (Fsp3) is 0.167. The molecule has 0 spiro atoms. The third kappa shape index (κ3) is 1.33. The summed E-state index contributed by atoms with van der Waals surface area (Å²) in [4.78, 5) is 7.75. The molecule has 0 N–H and O–H groups in total. The molecule has 0 aromatic heterocycles. The van der Waals surface area contributed by atoms with E-state index in [9.17, 15) is 0 Å². The molecule has 0 radical (unpaired) electrons. The summed E-state index contributed by atoms with van der Waals surface area (Å²) in [7, 11) is 0. The van der Waals surface area contributed by atoms with Gasteiger partial charge >= 0.3 is 0 Å². The first kappa shape index (κ1) is 6.36. The van der Waals surface area contributed by atoms with Crippen LogP contribution in [0.25, 0.3) is 0 Å². The van der Waals surface area contributed by atoms with Crippen LogP contribution in [0.1, 0.15) is 0 Å². The normalized spacial score (nSPS) is 18.6. The van der Waals surface area contributed by atoms with Crippen LogP contribution in [0, 0.1) is 6.17 Å². The van der Waals surface area contributed by atoms with Gasteiger partial charge in [0, 0.05) is 0 Å². The summed E-state index contributed by atoms with van der Waals surface area (Å²) in [5.74, 6) is 0. The molecule has 0 aromatic rings. The number of aliphatic imine (C=N–C) groups is 2. The van der Waals surface area contributed by atoms with Crippen molar-refractivity contribution in [3.05, 3.63) is 18.8 Å². The van der Waals surface area contributed by atoms with Crippen molar-refractivity contribution in [1.29, 1.82) is 0 Å². The van der Waals surface area contributed by atoms with Gasteiger partial charge in [-0.3, -0.25) is 0 Å². The Morgan fingerprint density at radius 2 is 2.11 bits per heavy atom. The van der Waals surface area contributed by atoms with Gasteiger partial charge < -0.3 is 0 Å². The van der Waals surface area contributed by atoms with Gasteiger partial charge in [0.1, 0.15) is 0 Å². The molecule has 1 rings (SSSR count). The molecule has 1 unspecified atom stereocenters. The van der Waals surface area contributed by atoms with Crippen LogP contribution in [-0.4, -0.2) is 17.8 Å². The highest BCUT2D eigenvalue weighted by Crippen LogP contribution is 2.18. The van der Waals surface area contributed by atoms with Crippen molar-refractivity contribution < 1.29 is 0 Å². The van der Waals surface area contributed by atoms with Crippen LogP contribution in [0.5, 0.6) is 0 Å². The molecular weight excluding hydrogens is 136 g/mol. The standard InChI is InChI=1S/C6H6ClN2/c1-2-5(7)6-8-3-4-9-6/h2-5H,1H2/q+1. The molecule has 0 fully saturated rings. The smallest absolute Gasteiger partial charge is 0.1000 e. The summed E-state index contributed by atoms with van der Waals surface area (Å²) >= 11 is 5.69. The Morgan fingerprint density at radius 1 is 1.56 bits per heavy atom. The van der Waals surface area contributed by atoms with E-state index in [2.05, 4.69) is 16.6 Å². The van der Waals surface area contributed by atoms with E-state index in [0.717, 1.165) is 0 Å². The van der Waals surface area contributed by atoms with Crippen molar-refractivity contribution in [1.82, 2.24) is 0 Å². The Balaban J connectivity index is 2.52. The average Bonchev–Trinajstić information content (AvgIpc) is 2.37. The summed E-state index contributed by atoms with van der Waals surface area (Å²) < 4.78 is 0. The third-order valence-electron chi connectivity index (χ3n) is 0.934. The van der Waals surface area contributed by atoms with Gasteiger partial charge in [0.2, 0.25) is 0 Å². The Morgan fingerprint density at radius 3 is 2.56 bits per heavy atom. The Labute approximate surface area is 59.0 Å². The molecule has 1 aliphatic rings. The zero-order chi connectivity index (χ0) is 6.69. The average molecular weight is 142 g/mol. The first-order valence-electron chi connectivity index (χ1n) is 2.55. The highest BCUT2D eigenvalue weighted by molar-refractivity contribution is 6.25. The van der Waals surface area contributed by atoms with Crippen LogP contribution in [0.2, 0.25) is 0 Å². The van der Waals surface area contributed by atoms with Crippen molar-refractivity contribution in [2.24, 2.45) is 9.98 Å². The summed E-state index contributed by atoms with van der Waals surface area (Å²) in [5.41, 5.74) is 0. The molecule has 0 aromatic carbocycles. The Kier molecular flexibility index (Phi) is 1.90. The molecule has 1 heterocycles. The maximum absolute atomic E-state index is 5.69. The lowest BCUT2D eigenvalue weighted by atomic mass is 10.3. The second-order valence-corrected chi connectivity index (χ2v) is 2.02. The van der Waals surface area contributed by atoms with E-state index in [4.69, 9.17) is 11.6 Å². The van der Waals surface area contributed by atoms with E-state index in [1.165, 1.54) is 0 Å². The molecule has 3 heteroatoms. The van der Waals surface area contributed by atoms with Gasteiger partial charge in [0.05, 0.1) is 0 Å². The topological polar surface area (TPSA) is 24.7 Å². The van der Waals surface area contributed by atoms with Gasteiger partial charge in [-0.05, 0) is 0 Å². The van der Waals surface area contributed by atoms with E-state index in [-0.39, 0.29) is 5.38 Å². The quantitative estimate of drug-likeness (QED) is 0.316. The van der Waals surface area contributed by atoms with Crippen molar-refractivity contribution in [2.45, 2.75) is 5.38 Å². The lowest BCUT2D eigenvalue weighted by Gasteiger charge is -1.95. The molecule has 0 aliphatic carbocycles. The minimum atomic E-state index is -0.250. The zero-order valence-corrected chi connectivity index (χ0v) is 5.54. The van der Waals surface area contributed by atoms with Crippen molar-refractivity contribution in [2.75, 3.05) is 0 Å². The zero-order valence-electron chi connectivity index (χ0n) is 4.79. The Bertz CT molecular complexity index is 150. The minimum absolute atomic E-state index is 0.250. The second-order valence-electron chi connectivity index (χ2n) is 1.55. The van der Waals surface area contributed by atoms with Gasteiger partial charge in [-0.25, -0.2) is 0 Å². The number of rotatable bonds is 2. The Hall–Kier alpha value is -0.760. The van der Waals surface area contributed by atoms with E-state index in [1.807, 2.05) is 0 Å². The SMILES string of the molecule is C=CC(Cl)[C+]1N=CC=N1. The highest BCUT2D eigenvalue weighted by Gasteiger charge is 2.23. The fourth-order valence-electron chi connectivity index (χ4n) is 0.501. The van der Waals surface area contributed by atoms with E-state index >= 15 is 0 Å². The van der Waals surface area contributed by atoms with Gasteiger partial charge in [-0.15, -0.1) is 0 Å². The molecule has 0 bridgehead atoms. The molecular formula is C6H6ClN2+. The van der Waals surface area contributed by atoms with Crippen molar-refractivity contribution in [3.63, 3.8) is 0 Å². The van der Waals surface area contributed by atoms with Crippen molar-refractivity contribution in [3.8, 4) is 0 Å².